The van der Waals surface area contributed by atoms with Crippen LogP contribution in [0.5, 0.6) is 0 Å². The Morgan fingerprint density at radius 3 is 2.68 bits per heavy atom. The first-order chi connectivity index (χ1) is 10.4. The predicted octanol–water partition coefficient (Wildman–Crippen LogP) is 1.83. The first kappa shape index (κ1) is 18.2. The van der Waals surface area contributed by atoms with Crippen molar-refractivity contribution in [1.82, 2.24) is 15.1 Å². The average Bonchev–Trinajstić information content (AvgIpc) is 2.94. The van der Waals surface area contributed by atoms with E-state index in [4.69, 9.17) is 0 Å². The summed E-state index contributed by atoms with van der Waals surface area (Å²) < 4.78 is 0. The summed E-state index contributed by atoms with van der Waals surface area (Å²) in [5, 5.41) is 5.40. The largest absolute Gasteiger partial charge is 0.356 e. The molecule has 0 radical (unpaired) electrons. The molecule has 22 heavy (non-hydrogen) atoms. The summed E-state index contributed by atoms with van der Waals surface area (Å²) in [6.07, 6.45) is 0.944. The number of amides is 1. The molecule has 0 aliphatic carbocycles. The van der Waals surface area contributed by atoms with E-state index in [0.29, 0.717) is 6.54 Å². The minimum atomic E-state index is -0.0127. The minimum Gasteiger partial charge on any atom is -0.356 e. The van der Waals surface area contributed by atoms with E-state index < -0.39 is 0 Å². The maximum atomic E-state index is 11.7. The molecule has 0 unspecified atom stereocenters. The van der Waals surface area contributed by atoms with E-state index in [9.17, 15) is 4.79 Å². The van der Waals surface area contributed by atoms with Crippen LogP contribution in [0, 0.1) is 0 Å². The fraction of sp³-hybridized carbons (Fsp3) is 0.500. The lowest BCUT2D eigenvalue weighted by Gasteiger charge is -2.22. The highest BCUT2D eigenvalue weighted by molar-refractivity contribution is 7.09. The van der Waals surface area contributed by atoms with Crippen molar-refractivity contribution >= 4 is 23.2 Å². The van der Waals surface area contributed by atoms with Crippen molar-refractivity contribution < 1.29 is 4.79 Å². The van der Waals surface area contributed by atoms with Crippen LogP contribution in [0.2, 0.25) is 0 Å². The SMILES string of the molecule is C=C(C)CN(C)C(=NCC(=O)N(C)C)NCCc1cccs1. The zero-order valence-electron chi connectivity index (χ0n) is 13.9. The third kappa shape index (κ3) is 6.76. The van der Waals surface area contributed by atoms with Gasteiger partial charge in [0, 0.05) is 39.1 Å². The van der Waals surface area contributed by atoms with Gasteiger partial charge in [-0.25, -0.2) is 4.99 Å². The number of nitrogens with zero attached hydrogens (tertiary/aromatic N) is 3. The lowest BCUT2D eigenvalue weighted by Crippen LogP contribution is -2.41. The Hall–Kier alpha value is -1.82. The molecule has 5 nitrogen and oxygen atoms in total. The molecule has 0 spiro atoms. The van der Waals surface area contributed by atoms with Gasteiger partial charge in [0.2, 0.25) is 5.91 Å². The molecule has 1 amide bonds. The number of nitrogens with one attached hydrogen (secondary N) is 1. The van der Waals surface area contributed by atoms with Gasteiger partial charge in [0.15, 0.2) is 5.96 Å². The lowest BCUT2D eigenvalue weighted by atomic mass is 10.3. The van der Waals surface area contributed by atoms with Crippen molar-refractivity contribution in [2.75, 3.05) is 40.8 Å². The second-order valence-corrected chi connectivity index (χ2v) is 6.53. The van der Waals surface area contributed by atoms with Gasteiger partial charge in [0.25, 0.3) is 0 Å². The van der Waals surface area contributed by atoms with E-state index in [1.807, 2.05) is 18.9 Å². The van der Waals surface area contributed by atoms with Crippen LogP contribution < -0.4 is 5.32 Å². The Bertz CT molecular complexity index is 508. The third-order valence-corrected chi connectivity index (χ3v) is 3.90. The van der Waals surface area contributed by atoms with E-state index >= 15 is 0 Å². The first-order valence-corrected chi connectivity index (χ1v) is 8.14. The van der Waals surface area contributed by atoms with Gasteiger partial charge in [-0.3, -0.25) is 4.79 Å². The summed E-state index contributed by atoms with van der Waals surface area (Å²) in [5.41, 5.74) is 1.05. The average molecular weight is 322 g/mol. The molecule has 0 saturated heterocycles. The molecule has 6 heteroatoms. The second-order valence-electron chi connectivity index (χ2n) is 5.50. The smallest absolute Gasteiger partial charge is 0.243 e. The van der Waals surface area contributed by atoms with Gasteiger partial charge < -0.3 is 15.1 Å². The summed E-state index contributed by atoms with van der Waals surface area (Å²) in [4.78, 5) is 21.0. The van der Waals surface area contributed by atoms with Crippen molar-refractivity contribution in [3.8, 4) is 0 Å². The van der Waals surface area contributed by atoms with Crippen molar-refractivity contribution in [3.05, 3.63) is 34.5 Å². The van der Waals surface area contributed by atoms with Crippen molar-refractivity contribution in [2.24, 2.45) is 4.99 Å². The standard InChI is InChI=1S/C16H26N4OS/c1-13(2)12-20(5)16(18-11-15(21)19(3)4)17-9-8-14-7-6-10-22-14/h6-7,10H,1,8-9,11-12H2,2-5H3,(H,17,18). The van der Waals surface area contributed by atoms with Gasteiger partial charge in [-0.1, -0.05) is 18.2 Å². The summed E-state index contributed by atoms with van der Waals surface area (Å²) in [6, 6.07) is 4.17. The molecule has 0 aliphatic heterocycles. The number of aliphatic imine (C=N–C) groups is 1. The molecule has 1 rings (SSSR count). The van der Waals surface area contributed by atoms with Crippen LogP contribution in [0.1, 0.15) is 11.8 Å². The third-order valence-electron chi connectivity index (χ3n) is 2.97. The van der Waals surface area contributed by atoms with Crippen LogP contribution in [-0.2, 0) is 11.2 Å². The summed E-state index contributed by atoms with van der Waals surface area (Å²) in [5.74, 6) is 0.719. The summed E-state index contributed by atoms with van der Waals surface area (Å²) in [6.45, 7) is 7.55. The van der Waals surface area contributed by atoms with Gasteiger partial charge in [-0.15, -0.1) is 11.3 Å². The van der Waals surface area contributed by atoms with Crippen LogP contribution >= 0.6 is 11.3 Å². The summed E-state index contributed by atoms with van der Waals surface area (Å²) >= 11 is 1.75. The Morgan fingerprint density at radius 2 is 2.14 bits per heavy atom. The molecule has 0 aliphatic rings. The molecule has 1 aromatic rings. The molecule has 0 bridgehead atoms. The maximum absolute atomic E-state index is 11.7. The quantitative estimate of drug-likeness (QED) is 0.473. The fourth-order valence-electron chi connectivity index (χ4n) is 1.83. The molecule has 1 N–H and O–H groups in total. The van der Waals surface area contributed by atoms with Gasteiger partial charge in [-0.05, 0) is 24.8 Å². The maximum Gasteiger partial charge on any atom is 0.243 e. The van der Waals surface area contributed by atoms with E-state index in [1.54, 1.807) is 30.3 Å². The Labute approximate surface area is 137 Å². The van der Waals surface area contributed by atoms with E-state index in [-0.39, 0.29) is 12.5 Å². The van der Waals surface area contributed by atoms with Gasteiger partial charge in [0.1, 0.15) is 6.54 Å². The first-order valence-electron chi connectivity index (χ1n) is 7.26. The molecule has 1 aromatic heterocycles. The number of guanidine groups is 1. The minimum absolute atomic E-state index is 0.0127. The van der Waals surface area contributed by atoms with Crippen molar-refractivity contribution in [1.29, 1.82) is 0 Å². The highest BCUT2D eigenvalue weighted by Gasteiger charge is 2.09. The topological polar surface area (TPSA) is 47.9 Å². The molecule has 0 fully saturated rings. The van der Waals surface area contributed by atoms with Crippen LogP contribution in [0.3, 0.4) is 0 Å². The van der Waals surface area contributed by atoms with Crippen LogP contribution in [0.15, 0.2) is 34.7 Å². The normalized spacial score (nSPS) is 11.2. The Morgan fingerprint density at radius 1 is 1.41 bits per heavy atom. The second kappa shape index (κ2) is 9.25. The molecular weight excluding hydrogens is 296 g/mol. The lowest BCUT2D eigenvalue weighted by molar-refractivity contribution is -0.127. The van der Waals surface area contributed by atoms with Crippen molar-refractivity contribution in [2.45, 2.75) is 13.3 Å². The molecule has 122 valence electrons. The van der Waals surface area contributed by atoms with Crippen LogP contribution in [0.4, 0.5) is 0 Å². The number of carbonyl (C=O) groups excluding carboxylic acids is 1. The number of thiophene rings is 1. The van der Waals surface area contributed by atoms with E-state index in [1.165, 1.54) is 4.88 Å². The number of likely N-dealkylation sites (N-methyl/N-ethyl adjacent to an activating group) is 2. The van der Waals surface area contributed by atoms with Gasteiger partial charge in [0.05, 0.1) is 0 Å². The number of hydrogen-bond acceptors (Lipinski definition) is 3. The molecule has 1 heterocycles. The van der Waals surface area contributed by atoms with Gasteiger partial charge in [-0.2, -0.15) is 0 Å². The fourth-order valence-corrected chi connectivity index (χ4v) is 2.54. The zero-order valence-corrected chi connectivity index (χ0v) is 14.7. The van der Waals surface area contributed by atoms with E-state index in [0.717, 1.165) is 24.5 Å². The number of rotatable bonds is 7. The predicted molar refractivity (Wildman–Crippen MR) is 94.5 cm³/mol. The Kier molecular flexibility index (Phi) is 7.66. The van der Waals surface area contributed by atoms with E-state index in [2.05, 4.69) is 34.4 Å². The highest BCUT2D eigenvalue weighted by Crippen LogP contribution is 2.08. The van der Waals surface area contributed by atoms with Crippen LogP contribution in [-0.4, -0.2) is 62.4 Å². The summed E-state index contributed by atoms with van der Waals surface area (Å²) in [7, 11) is 5.42. The Balaban J connectivity index is 2.61. The monoisotopic (exact) mass is 322 g/mol. The zero-order chi connectivity index (χ0) is 16.5. The molecular formula is C16H26N4OS. The van der Waals surface area contributed by atoms with Crippen molar-refractivity contribution in [3.63, 3.8) is 0 Å². The molecule has 0 atom stereocenters. The highest BCUT2D eigenvalue weighted by atomic mass is 32.1. The number of carbonyl (C=O) groups is 1. The molecule has 0 aromatic carbocycles. The number of hydrogen-bond donors (Lipinski definition) is 1. The molecule has 0 saturated carbocycles. The van der Waals surface area contributed by atoms with Gasteiger partial charge >= 0.3 is 0 Å². The van der Waals surface area contributed by atoms with Crippen LogP contribution in [0.25, 0.3) is 0 Å².